The van der Waals surface area contributed by atoms with Gasteiger partial charge in [-0.3, -0.25) is 14.4 Å². The van der Waals surface area contributed by atoms with E-state index in [9.17, 15) is 14.4 Å². The topological polar surface area (TPSA) is 77.7 Å². The van der Waals surface area contributed by atoms with Crippen LogP contribution in [-0.2, 0) is 25.7 Å². The number of nitrogens with zero attached hydrogens (tertiary/aromatic N) is 2. The lowest BCUT2D eigenvalue weighted by Gasteiger charge is -2.36. The van der Waals surface area contributed by atoms with Crippen LogP contribution in [0.25, 0.3) is 0 Å². The van der Waals surface area contributed by atoms with Crippen LogP contribution in [0.1, 0.15) is 43.2 Å². The first-order valence-electron chi connectivity index (χ1n) is 10.5. The van der Waals surface area contributed by atoms with Crippen LogP contribution in [0.5, 0.6) is 0 Å². The SMILES string of the molecule is Cc1ccc(Cn2ccsc2=NC(=O)COC(=O)C2C[C@@H]3CCC[C@@H](C2)C3=O)cc1. The molecule has 0 spiro atoms. The molecule has 2 fully saturated rings. The third-order valence-electron chi connectivity index (χ3n) is 6.07. The van der Waals surface area contributed by atoms with Crippen molar-refractivity contribution >= 4 is 29.0 Å². The van der Waals surface area contributed by atoms with Gasteiger partial charge in [0.05, 0.1) is 5.92 Å². The largest absolute Gasteiger partial charge is 0.455 e. The Kier molecular flexibility index (Phi) is 6.27. The summed E-state index contributed by atoms with van der Waals surface area (Å²) in [5.74, 6) is -0.840. The van der Waals surface area contributed by atoms with Gasteiger partial charge in [-0.15, -0.1) is 11.3 Å². The van der Waals surface area contributed by atoms with E-state index in [0.29, 0.717) is 30.0 Å². The number of fused-ring (bicyclic) bond motifs is 2. The van der Waals surface area contributed by atoms with Crippen molar-refractivity contribution in [2.45, 2.75) is 45.6 Å². The third kappa shape index (κ3) is 4.78. The predicted molar refractivity (Wildman–Crippen MR) is 113 cm³/mol. The van der Waals surface area contributed by atoms with Crippen molar-refractivity contribution in [2.75, 3.05) is 6.61 Å². The number of carbonyl (C=O) groups is 3. The molecule has 1 aromatic heterocycles. The standard InChI is InChI=1S/C23H26N2O4S/c1-15-5-7-16(8-6-15)13-25-9-10-30-23(25)24-20(26)14-29-22(28)19-11-17-3-2-4-18(12-19)21(17)27/h5-10,17-19H,2-4,11-14H2,1H3/t17-,18-/m0/s1. The number of Topliss-reactive ketones (excluding diaryl/α,β-unsaturated/α-hetero) is 1. The lowest BCUT2D eigenvalue weighted by molar-refractivity contribution is -0.156. The molecular weight excluding hydrogens is 400 g/mol. The molecule has 1 amide bonds. The molecule has 2 atom stereocenters. The van der Waals surface area contributed by atoms with Gasteiger partial charge in [0, 0.05) is 30.0 Å². The van der Waals surface area contributed by atoms with Crippen LogP contribution in [0.4, 0.5) is 0 Å². The number of rotatable bonds is 5. The maximum Gasteiger partial charge on any atom is 0.309 e. The maximum absolute atomic E-state index is 12.4. The van der Waals surface area contributed by atoms with Gasteiger partial charge in [-0.2, -0.15) is 4.99 Å². The second-order valence-electron chi connectivity index (χ2n) is 8.31. The molecule has 0 saturated heterocycles. The van der Waals surface area contributed by atoms with Crippen molar-refractivity contribution in [2.24, 2.45) is 22.7 Å². The summed E-state index contributed by atoms with van der Waals surface area (Å²) in [4.78, 5) is 41.6. The number of esters is 1. The fourth-order valence-corrected chi connectivity index (χ4v) is 5.20. The molecule has 1 aromatic carbocycles. The number of amides is 1. The highest BCUT2D eigenvalue weighted by Gasteiger charge is 2.41. The van der Waals surface area contributed by atoms with E-state index in [1.165, 1.54) is 16.9 Å². The summed E-state index contributed by atoms with van der Waals surface area (Å²) in [5, 5.41) is 1.88. The van der Waals surface area contributed by atoms with Gasteiger partial charge in [0.25, 0.3) is 5.91 Å². The molecule has 4 rings (SSSR count). The van der Waals surface area contributed by atoms with Crippen molar-refractivity contribution in [1.82, 2.24) is 4.57 Å². The Labute approximate surface area is 179 Å². The summed E-state index contributed by atoms with van der Waals surface area (Å²) in [5.41, 5.74) is 2.32. The fraction of sp³-hybridized carbons (Fsp3) is 0.478. The Hall–Kier alpha value is -2.54. The molecule has 7 heteroatoms. The van der Waals surface area contributed by atoms with Gasteiger partial charge in [-0.25, -0.2) is 0 Å². The smallest absolute Gasteiger partial charge is 0.309 e. The van der Waals surface area contributed by atoms with Gasteiger partial charge in [-0.1, -0.05) is 36.2 Å². The lowest BCUT2D eigenvalue weighted by atomic mass is 9.67. The Bertz CT molecular complexity index is 989. The van der Waals surface area contributed by atoms with Crippen LogP contribution in [0.15, 0.2) is 40.8 Å². The van der Waals surface area contributed by atoms with E-state index in [0.717, 1.165) is 24.8 Å². The summed E-state index contributed by atoms with van der Waals surface area (Å²) in [6, 6.07) is 8.21. The summed E-state index contributed by atoms with van der Waals surface area (Å²) >= 11 is 1.37. The van der Waals surface area contributed by atoms with Crippen LogP contribution in [-0.4, -0.2) is 28.8 Å². The molecule has 2 aromatic rings. The minimum atomic E-state index is -0.476. The summed E-state index contributed by atoms with van der Waals surface area (Å²) in [7, 11) is 0. The summed E-state index contributed by atoms with van der Waals surface area (Å²) in [6.07, 6.45) is 5.80. The zero-order valence-corrected chi connectivity index (χ0v) is 17.9. The van der Waals surface area contributed by atoms with Crippen LogP contribution < -0.4 is 4.80 Å². The Morgan fingerprint density at radius 3 is 2.57 bits per heavy atom. The third-order valence-corrected chi connectivity index (χ3v) is 6.87. The molecule has 0 unspecified atom stereocenters. The van der Waals surface area contributed by atoms with E-state index >= 15 is 0 Å². The number of hydrogen-bond acceptors (Lipinski definition) is 5. The molecule has 2 aliphatic carbocycles. The zero-order chi connectivity index (χ0) is 21.1. The average molecular weight is 427 g/mol. The van der Waals surface area contributed by atoms with Crippen molar-refractivity contribution in [3.63, 3.8) is 0 Å². The van der Waals surface area contributed by atoms with E-state index in [2.05, 4.69) is 29.3 Å². The van der Waals surface area contributed by atoms with E-state index in [1.807, 2.05) is 23.1 Å². The second-order valence-corrected chi connectivity index (χ2v) is 9.18. The summed E-state index contributed by atoms with van der Waals surface area (Å²) in [6.45, 7) is 2.30. The monoisotopic (exact) mass is 426 g/mol. The minimum Gasteiger partial charge on any atom is -0.455 e. The first-order chi connectivity index (χ1) is 14.5. The molecule has 0 aliphatic heterocycles. The van der Waals surface area contributed by atoms with Crippen LogP contribution in [0.3, 0.4) is 0 Å². The number of ether oxygens (including phenoxy) is 1. The number of aromatic nitrogens is 1. The van der Waals surface area contributed by atoms with Gasteiger partial charge in [0.1, 0.15) is 5.78 Å². The first kappa shape index (κ1) is 20.7. The minimum absolute atomic E-state index is 0.0118. The molecule has 2 bridgehead atoms. The highest BCUT2D eigenvalue weighted by molar-refractivity contribution is 7.07. The molecule has 6 nitrogen and oxygen atoms in total. The average Bonchev–Trinajstić information content (AvgIpc) is 3.14. The van der Waals surface area contributed by atoms with Gasteiger partial charge < -0.3 is 9.30 Å². The Balaban J connectivity index is 1.34. The zero-order valence-electron chi connectivity index (χ0n) is 17.1. The van der Waals surface area contributed by atoms with Gasteiger partial charge in [-0.05, 0) is 38.2 Å². The van der Waals surface area contributed by atoms with Crippen molar-refractivity contribution < 1.29 is 19.1 Å². The van der Waals surface area contributed by atoms with Gasteiger partial charge >= 0.3 is 5.97 Å². The number of hydrogen-bond donors (Lipinski definition) is 0. The molecule has 0 radical (unpaired) electrons. The Morgan fingerprint density at radius 2 is 1.87 bits per heavy atom. The molecule has 30 heavy (non-hydrogen) atoms. The number of aryl methyl sites for hydroxylation is 1. The number of carbonyl (C=O) groups excluding carboxylic acids is 3. The molecule has 158 valence electrons. The molecule has 2 aliphatic rings. The van der Waals surface area contributed by atoms with E-state index in [-0.39, 0.29) is 30.3 Å². The van der Waals surface area contributed by atoms with Crippen LogP contribution >= 0.6 is 11.3 Å². The van der Waals surface area contributed by atoms with Crippen LogP contribution in [0.2, 0.25) is 0 Å². The van der Waals surface area contributed by atoms with Crippen molar-refractivity contribution in [3.05, 3.63) is 51.8 Å². The van der Waals surface area contributed by atoms with Crippen molar-refractivity contribution in [3.8, 4) is 0 Å². The first-order valence-corrected chi connectivity index (χ1v) is 11.3. The number of benzene rings is 1. The van der Waals surface area contributed by atoms with E-state index in [4.69, 9.17) is 4.74 Å². The van der Waals surface area contributed by atoms with E-state index in [1.54, 1.807) is 0 Å². The fourth-order valence-electron chi connectivity index (χ4n) is 4.46. The molecule has 1 heterocycles. The summed E-state index contributed by atoms with van der Waals surface area (Å²) < 4.78 is 7.17. The van der Waals surface area contributed by atoms with Crippen molar-refractivity contribution in [1.29, 1.82) is 0 Å². The van der Waals surface area contributed by atoms with Gasteiger partial charge in [0.15, 0.2) is 11.4 Å². The van der Waals surface area contributed by atoms with E-state index < -0.39 is 5.91 Å². The molecular formula is C23H26N2O4S. The highest BCUT2D eigenvalue weighted by atomic mass is 32.1. The molecule has 0 N–H and O–H groups in total. The van der Waals surface area contributed by atoms with Crippen LogP contribution in [0, 0.1) is 24.7 Å². The normalized spacial score (nSPS) is 24.0. The molecule has 2 saturated carbocycles. The highest BCUT2D eigenvalue weighted by Crippen LogP contribution is 2.40. The predicted octanol–water partition coefficient (Wildman–Crippen LogP) is 3.27. The quantitative estimate of drug-likeness (QED) is 0.688. The Morgan fingerprint density at radius 1 is 1.17 bits per heavy atom. The number of thiazole rings is 1. The van der Waals surface area contributed by atoms with Gasteiger partial charge in [0.2, 0.25) is 0 Å². The number of ketones is 1. The maximum atomic E-state index is 12.4. The lowest BCUT2D eigenvalue weighted by Crippen LogP contribution is -2.39. The second kappa shape index (κ2) is 9.08.